The molecule has 0 N–H and O–H groups in total. The fourth-order valence-electron chi connectivity index (χ4n) is 2.90. The monoisotopic (exact) mass is 339 g/mol. The van der Waals surface area contributed by atoms with Gasteiger partial charge in [-0.1, -0.05) is 6.07 Å². The van der Waals surface area contributed by atoms with Gasteiger partial charge in [-0.3, -0.25) is 9.20 Å². The van der Waals surface area contributed by atoms with Gasteiger partial charge in [-0.2, -0.15) is 0 Å². The van der Waals surface area contributed by atoms with Crippen molar-refractivity contribution in [2.45, 2.75) is 19.9 Å². The average Bonchev–Trinajstić information content (AvgIpc) is 2.95. The van der Waals surface area contributed by atoms with Gasteiger partial charge in [0.2, 0.25) is 11.8 Å². The molecule has 25 heavy (non-hydrogen) atoms. The van der Waals surface area contributed by atoms with Crippen LogP contribution in [-0.4, -0.2) is 38.2 Å². The van der Waals surface area contributed by atoms with Crippen LogP contribution >= 0.6 is 0 Å². The molecule has 0 unspecified atom stereocenters. The Morgan fingerprint density at radius 2 is 2.16 bits per heavy atom. The van der Waals surface area contributed by atoms with Gasteiger partial charge in [-0.15, -0.1) is 5.10 Å². The van der Waals surface area contributed by atoms with Gasteiger partial charge in [0.05, 0.1) is 13.1 Å². The molecule has 3 aromatic heterocycles. The minimum Gasteiger partial charge on any atom is -0.474 e. The number of hydrogen-bond acceptors (Lipinski definition) is 5. The summed E-state index contributed by atoms with van der Waals surface area (Å²) in [4.78, 5) is 30.9. The van der Waals surface area contributed by atoms with Crippen LogP contribution in [-0.2, 0) is 11.3 Å². The molecule has 4 rings (SSSR count). The lowest BCUT2D eigenvalue weighted by atomic mass is 10.2. The van der Waals surface area contributed by atoms with Gasteiger partial charge in [0.1, 0.15) is 12.3 Å². The summed E-state index contributed by atoms with van der Waals surface area (Å²) in [5.74, 6) is 0.392. The van der Waals surface area contributed by atoms with E-state index in [1.165, 1.54) is 9.08 Å². The number of aryl methyl sites for hydroxylation is 2. The molecule has 0 saturated heterocycles. The molecule has 0 bridgehead atoms. The van der Waals surface area contributed by atoms with E-state index in [4.69, 9.17) is 4.74 Å². The molecule has 0 aliphatic carbocycles. The molecule has 0 fully saturated rings. The zero-order valence-corrected chi connectivity index (χ0v) is 13.8. The van der Waals surface area contributed by atoms with Crippen LogP contribution in [0, 0.1) is 6.92 Å². The van der Waals surface area contributed by atoms with Crippen LogP contribution in [0.3, 0.4) is 0 Å². The smallest absolute Gasteiger partial charge is 0.350 e. The first-order chi connectivity index (χ1) is 12.1. The van der Waals surface area contributed by atoms with E-state index in [2.05, 4.69) is 10.1 Å². The highest BCUT2D eigenvalue weighted by molar-refractivity contribution is 5.94. The van der Waals surface area contributed by atoms with Crippen LogP contribution in [0.4, 0.5) is 5.69 Å². The third-order valence-electron chi connectivity index (χ3n) is 4.15. The van der Waals surface area contributed by atoms with Gasteiger partial charge in [-0.25, -0.2) is 14.5 Å². The predicted octanol–water partition coefficient (Wildman–Crippen LogP) is 1.02. The molecular formula is C17H17N5O3. The molecule has 0 spiro atoms. The van der Waals surface area contributed by atoms with Gasteiger partial charge in [0, 0.05) is 18.3 Å². The second-order valence-electron chi connectivity index (χ2n) is 5.86. The first-order valence-electron chi connectivity index (χ1n) is 8.08. The summed E-state index contributed by atoms with van der Waals surface area (Å²) in [5.41, 5.74) is 1.83. The van der Waals surface area contributed by atoms with Crippen molar-refractivity contribution < 1.29 is 9.53 Å². The van der Waals surface area contributed by atoms with Gasteiger partial charge in [-0.05, 0) is 31.2 Å². The maximum Gasteiger partial charge on any atom is 0.350 e. The number of rotatable bonds is 3. The van der Waals surface area contributed by atoms with E-state index >= 15 is 0 Å². The Kier molecular flexibility index (Phi) is 3.72. The third kappa shape index (κ3) is 2.75. The zero-order chi connectivity index (χ0) is 17.4. The Balaban J connectivity index is 1.53. The van der Waals surface area contributed by atoms with E-state index in [1.807, 2.05) is 25.1 Å². The van der Waals surface area contributed by atoms with Crippen LogP contribution in [0.1, 0.15) is 12.1 Å². The number of ether oxygens (including phenoxy) is 1. The van der Waals surface area contributed by atoms with Crippen molar-refractivity contribution in [1.82, 2.24) is 19.2 Å². The van der Waals surface area contributed by atoms with Gasteiger partial charge in [0.15, 0.2) is 5.65 Å². The molecule has 4 heterocycles. The van der Waals surface area contributed by atoms with E-state index in [9.17, 15) is 9.59 Å². The standard InChI is InChI=1S/C17H17N5O3/c1-12-5-6-13-16(18-12)25-11-10-20(13)15(23)7-9-22-17(24)21-8-3-2-4-14(21)19-22/h2-6,8H,7,9-11H2,1H3. The molecule has 0 saturated carbocycles. The number of anilines is 1. The minimum absolute atomic E-state index is 0.0841. The highest BCUT2D eigenvalue weighted by atomic mass is 16.5. The van der Waals surface area contributed by atoms with E-state index in [1.54, 1.807) is 23.2 Å². The summed E-state index contributed by atoms with van der Waals surface area (Å²) in [7, 11) is 0. The molecule has 1 amide bonds. The largest absolute Gasteiger partial charge is 0.474 e. The molecule has 1 aliphatic heterocycles. The first-order valence-corrected chi connectivity index (χ1v) is 8.08. The van der Waals surface area contributed by atoms with Gasteiger partial charge < -0.3 is 9.64 Å². The second-order valence-corrected chi connectivity index (χ2v) is 5.86. The number of carbonyl (C=O) groups is 1. The Bertz CT molecular complexity index is 1010. The summed E-state index contributed by atoms with van der Waals surface area (Å²) in [6, 6.07) is 9.03. The Hall–Kier alpha value is -3.16. The van der Waals surface area contributed by atoms with Crippen LogP contribution in [0.15, 0.2) is 41.3 Å². The molecule has 8 heteroatoms. The van der Waals surface area contributed by atoms with Crippen molar-refractivity contribution in [3.05, 3.63) is 52.7 Å². The molecule has 3 aromatic rings. The number of hydrogen-bond donors (Lipinski definition) is 0. The Labute approximate surface area is 143 Å². The normalized spacial score (nSPS) is 13.6. The number of nitrogens with zero attached hydrogens (tertiary/aromatic N) is 5. The molecule has 8 nitrogen and oxygen atoms in total. The van der Waals surface area contributed by atoms with Crippen molar-refractivity contribution in [2.24, 2.45) is 0 Å². The fourth-order valence-corrected chi connectivity index (χ4v) is 2.90. The number of pyridine rings is 2. The Morgan fingerprint density at radius 3 is 3.00 bits per heavy atom. The van der Waals surface area contributed by atoms with Gasteiger partial charge >= 0.3 is 5.69 Å². The fraction of sp³-hybridized carbons (Fsp3) is 0.294. The lowest BCUT2D eigenvalue weighted by Crippen LogP contribution is -2.39. The lowest BCUT2D eigenvalue weighted by Gasteiger charge is -2.28. The van der Waals surface area contributed by atoms with Crippen molar-refractivity contribution in [3.63, 3.8) is 0 Å². The highest BCUT2D eigenvalue weighted by Crippen LogP contribution is 2.30. The molecule has 1 aliphatic rings. The van der Waals surface area contributed by atoms with Crippen LogP contribution in [0.5, 0.6) is 5.88 Å². The van der Waals surface area contributed by atoms with E-state index < -0.39 is 0 Å². The van der Waals surface area contributed by atoms with E-state index in [0.717, 1.165) is 5.69 Å². The van der Waals surface area contributed by atoms with Crippen molar-refractivity contribution in [2.75, 3.05) is 18.1 Å². The van der Waals surface area contributed by atoms with Crippen molar-refractivity contribution in [3.8, 4) is 5.88 Å². The summed E-state index contributed by atoms with van der Waals surface area (Å²) < 4.78 is 8.31. The molecule has 128 valence electrons. The van der Waals surface area contributed by atoms with Gasteiger partial charge in [0.25, 0.3) is 0 Å². The number of aromatic nitrogens is 4. The third-order valence-corrected chi connectivity index (χ3v) is 4.15. The second kappa shape index (κ2) is 6.04. The maximum atomic E-state index is 12.6. The predicted molar refractivity (Wildman–Crippen MR) is 90.9 cm³/mol. The quantitative estimate of drug-likeness (QED) is 0.711. The van der Waals surface area contributed by atoms with Crippen molar-refractivity contribution >= 4 is 17.2 Å². The van der Waals surface area contributed by atoms with Crippen LogP contribution in [0.25, 0.3) is 5.65 Å². The lowest BCUT2D eigenvalue weighted by molar-refractivity contribution is -0.119. The highest BCUT2D eigenvalue weighted by Gasteiger charge is 2.24. The van der Waals surface area contributed by atoms with E-state index in [0.29, 0.717) is 30.4 Å². The Morgan fingerprint density at radius 1 is 1.28 bits per heavy atom. The van der Waals surface area contributed by atoms with Crippen LogP contribution in [0.2, 0.25) is 0 Å². The first kappa shape index (κ1) is 15.4. The summed E-state index contributed by atoms with van der Waals surface area (Å²) in [6.45, 7) is 2.98. The maximum absolute atomic E-state index is 12.6. The number of amides is 1. The zero-order valence-electron chi connectivity index (χ0n) is 13.8. The molecular weight excluding hydrogens is 322 g/mol. The summed E-state index contributed by atoms with van der Waals surface area (Å²) in [6.07, 6.45) is 1.84. The summed E-state index contributed by atoms with van der Waals surface area (Å²) in [5, 5.41) is 4.24. The number of fused-ring (bicyclic) bond motifs is 2. The molecule has 0 radical (unpaired) electrons. The topological polar surface area (TPSA) is 81.7 Å². The average molecular weight is 339 g/mol. The van der Waals surface area contributed by atoms with Crippen LogP contribution < -0.4 is 15.3 Å². The molecule has 0 aromatic carbocycles. The van der Waals surface area contributed by atoms with Crippen molar-refractivity contribution in [1.29, 1.82) is 0 Å². The number of carbonyl (C=O) groups excluding carboxylic acids is 1. The summed E-state index contributed by atoms with van der Waals surface area (Å²) >= 11 is 0. The van der Waals surface area contributed by atoms with E-state index in [-0.39, 0.29) is 24.6 Å². The molecule has 0 atom stereocenters. The minimum atomic E-state index is -0.247. The SMILES string of the molecule is Cc1ccc2c(n1)OCCN2C(=O)CCn1nc2ccccn2c1=O.